The highest BCUT2D eigenvalue weighted by molar-refractivity contribution is 5.33. The van der Waals surface area contributed by atoms with Crippen molar-refractivity contribution in [2.24, 2.45) is 0 Å². The molecule has 4 heteroatoms. The van der Waals surface area contributed by atoms with Crippen molar-refractivity contribution in [2.75, 3.05) is 26.9 Å². The van der Waals surface area contributed by atoms with Crippen molar-refractivity contribution in [3.05, 3.63) is 95.8 Å². The number of para-hydroxylation sites is 1. The van der Waals surface area contributed by atoms with Gasteiger partial charge in [-0.3, -0.25) is 9.88 Å². The average Bonchev–Trinajstić information content (AvgIpc) is 3.25. The van der Waals surface area contributed by atoms with Crippen LogP contribution in [0.3, 0.4) is 0 Å². The van der Waals surface area contributed by atoms with Gasteiger partial charge in [-0.05, 0) is 29.7 Å². The Labute approximate surface area is 173 Å². The number of rotatable bonds is 8. The molecule has 1 aromatic heterocycles. The molecule has 1 saturated heterocycles. The highest BCUT2D eigenvalue weighted by Gasteiger charge is 2.38. The zero-order valence-electron chi connectivity index (χ0n) is 17.0. The second kappa shape index (κ2) is 9.21. The maximum absolute atomic E-state index is 5.90. The van der Waals surface area contributed by atoms with Crippen molar-refractivity contribution in [3.63, 3.8) is 0 Å². The molecule has 1 fully saturated rings. The van der Waals surface area contributed by atoms with E-state index in [1.165, 1.54) is 16.7 Å². The molecule has 0 N–H and O–H groups in total. The molecule has 0 radical (unpaired) electrons. The van der Waals surface area contributed by atoms with Crippen molar-refractivity contribution >= 4 is 0 Å². The summed E-state index contributed by atoms with van der Waals surface area (Å²) in [5, 5.41) is 0. The molecule has 0 bridgehead atoms. The number of pyridine rings is 1. The standard InChI is InChI=1S/C25H28N2O2/c1-28-24-12-6-5-9-22(24)18-27(17-21-8-7-14-26-16-21)19-25(13-15-29-20-25)23-10-3-2-4-11-23/h2-12,14,16H,13,15,17-20H2,1H3/t25-/m0/s1. The molecule has 29 heavy (non-hydrogen) atoms. The van der Waals surface area contributed by atoms with Gasteiger partial charge in [0.1, 0.15) is 5.75 Å². The Morgan fingerprint density at radius 2 is 1.83 bits per heavy atom. The topological polar surface area (TPSA) is 34.6 Å². The van der Waals surface area contributed by atoms with Gasteiger partial charge in [0.05, 0.1) is 13.7 Å². The zero-order valence-corrected chi connectivity index (χ0v) is 17.0. The van der Waals surface area contributed by atoms with Gasteiger partial charge in [0.25, 0.3) is 0 Å². The lowest BCUT2D eigenvalue weighted by molar-refractivity contribution is 0.143. The van der Waals surface area contributed by atoms with Crippen LogP contribution in [-0.4, -0.2) is 36.8 Å². The van der Waals surface area contributed by atoms with Gasteiger partial charge < -0.3 is 9.47 Å². The van der Waals surface area contributed by atoms with Gasteiger partial charge in [-0.1, -0.05) is 54.6 Å². The highest BCUT2D eigenvalue weighted by atomic mass is 16.5. The molecule has 1 aliphatic heterocycles. The molecular formula is C25H28N2O2. The lowest BCUT2D eigenvalue weighted by atomic mass is 9.79. The maximum Gasteiger partial charge on any atom is 0.123 e. The first kappa shape index (κ1) is 19.6. The van der Waals surface area contributed by atoms with Crippen LogP contribution in [0.4, 0.5) is 0 Å². The summed E-state index contributed by atoms with van der Waals surface area (Å²) in [6.45, 7) is 4.13. The summed E-state index contributed by atoms with van der Waals surface area (Å²) < 4.78 is 11.5. The van der Waals surface area contributed by atoms with Crippen LogP contribution in [0.25, 0.3) is 0 Å². The molecule has 0 amide bonds. The minimum absolute atomic E-state index is 0.00544. The molecule has 1 atom stereocenters. The predicted octanol–water partition coefficient (Wildman–Crippen LogP) is 4.45. The zero-order chi connectivity index (χ0) is 19.9. The number of nitrogens with zero attached hydrogens (tertiary/aromatic N) is 2. The van der Waals surface area contributed by atoms with Crippen LogP contribution in [-0.2, 0) is 23.2 Å². The van der Waals surface area contributed by atoms with Gasteiger partial charge in [0.15, 0.2) is 0 Å². The van der Waals surface area contributed by atoms with Crippen LogP contribution >= 0.6 is 0 Å². The summed E-state index contributed by atoms with van der Waals surface area (Å²) in [5.74, 6) is 0.931. The highest BCUT2D eigenvalue weighted by Crippen LogP contribution is 2.35. The van der Waals surface area contributed by atoms with Gasteiger partial charge in [-0.2, -0.15) is 0 Å². The van der Waals surface area contributed by atoms with Gasteiger partial charge >= 0.3 is 0 Å². The van der Waals surface area contributed by atoms with Crippen molar-refractivity contribution in [2.45, 2.75) is 24.9 Å². The molecule has 0 saturated carbocycles. The third-order valence-corrected chi connectivity index (χ3v) is 5.73. The molecule has 1 aliphatic rings. The van der Waals surface area contributed by atoms with Crippen LogP contribution < -0.4 is 4.74 Å². The number of hydrogen-bond donors (Lipinski definition) is 0. The summed E-state index contributed by atoms with van der Waals surface area (Å²) in [7, 11) is 1.74. The minimum Gasteiger partial charge on any atom is -0.496 e. The summed E-state index contributed by atoms with van der Waals surface area (Å²) >= 11 is 0. The molecular weight excluding hydrogens is 360 g/mol. The van der Waals surface area contributed by atoms with Crippen LogP contribution in [0.2, 0.25) is 0 Å². The second-order valence-electron chi connectivity index (χ2n) is 7.77. The smallest absolute Gasteiger partial charge is 0.123 e. The van der Waals surface area contributed by atoms with E-state index in [1.54, 1.807) is 7.11 Å². The van der Waals surface area contributed by atoms with E-state index in [4.69, 9.17) is 9.47 Å². The minimum atomic E-state index is 0.00544. The Morgan fingerprint density at radius 3 is 2.55 bits per heavy atom. The van der Waals surface area contributed by atoms with E-state index in [0.29, 0.717) is 0 Å². The summed E-state index contributed by atoms with van der Waals surface area (Å²) in [6, 6.07) is 23.2. The molecule has 2 aromatic carbocycles. The molecule has 0 aliphatic carbocycles. The van der Waals surface area contributed by atoms with Crippen molar-refractivity contribution in [1.82, 2.24) is 9.88 Å². The molecule has 0 spiro atoms. The number of benzene rings is 2. The van der Waals surface area contributed by atoms with Crippen molar-refractivity contribution in [1.29, 1.82) is 0 Å². The summed E-state index contributed by atoms with van der Waals surface area (Å²) in [5.41, 5.74) is 3.77. The van der Waals surface area contributed by atoms with E-state index in [-0.39, 0.29) is 5.41 Å². The van der Waals surface area contributed by atoms with E-state index in [2.05, 4.69) is 58.4 Å². The van der Waals surface area contributed by atoms with Crippen LogP contribution in [0, 0.1) is 0 Å². The van der Waals surface area contributed by atoms with Gasteiger partial charge in [0.2, 0.25) is 0 Å². The van der Waals surface area contributed by atoms with Crippen LogP contribution in [0.1, 0.15) is 23.1 Å². The molecule has 150 valence electrons. The molecule has 4 rings (SSSR count). The molecule has 3 aromatic rings. The first-order valence-electron chi connectivity index (χ1n) is 10.2. The lowest BCUT2D eigenvalue weighted by Crippen LogP contribution is -2.41. The largest absolute Gasteiger partial charge is 0.496 e. The SMILES string of the molecule is COc1ccccc1CN(Cc1cccnc1)C[C@@]1(c2ccccc2)CCOC1. The number of hydrogen-bond acceptors (Lipinski definition) is 4. The first-order chi connectivity index (χ1) is 14.3. The van der Waals surface area contributed by atoms with Crippen LogP contribution in [0.15, 0.2) is 79.1 Å². The van der Waals surface area contributed by atoms with Gasteiger partial charge in [-0.25, -0.2) is 0 Å². The van der Waals surface area contributed by atoms with E-state index in [1.807, 2.05) is 30.6 Å². The quantitative estimate of drug-likeness (QED) is 0.571. The van der Waals surface area contributed by atoms with E-state index in [0.717, 1.165) is 45.0 Å². The fraction of sp³-hybridized carbons (Fsp3) is 0.320. The number of aromatic nitrogens is 1. The van der Waals surface area contributed by atoms with E-state index < -0.39 is 0 Å². The summed E-state index contributed by atoms with van der Waals surface area (Å²) in [4.78, 5) is 6.81. The Hall–Kier alpha value is -2.69. The molecule has 2 heterocycles. The number of ether oxygens (including phenoxy) is 2. The van der Waals surface area contributed by atoms with Crippen LogP contribution in [0.5, 0.6) is 5.75 Å². The molecule has 4 nitrogen and oxygen atoms in total. The fourth-order valence-corrected chi connectivity index (χ4v) is 4.26. The maximum atomic E-state index is 5.90. The number of methoxy groups -OCH3 is 1. The fourth-order valence-electron chi connectivity index (χ4n) is 4.26. The first-order valence-corrected chi connectivity index (χ1v) is 10.2. The van der Waals surface area contributed by atoms with Gasteiger partial charge in [-0.15, -0.1) is 0 Å². The Balaban J connectivity index is 1.64. The summed E-state index contributed by atoms with van der Waals surface area (Å²) in [6.07, 6.45) is 4.81. The third-order valence-electron chi connectivity index (χ3n) is 5.73. The predicted molar refractivity (Wildman–Crippen MR) is 115 cm³/mol. The monoisotopic (exact) mass is 388 g/mol. The molecule has 0 unspecified atom stereocenters. The second-order valence-corrected chi connectivity index (χ2v) is 7.77. The van der Waals surface area contributed by atoms with E-state index >= 15 is 0 Å². The Morgan fingerprint density at radius 1 is 1.00 bits per heavy atom. The van der Waals surface area contributed by atoms with Crippen molar-refractivity contribution in [3.8, 4) is 5.75 Å². The lowest BCUT2D eigenvalue weighted by Gasteiger charge is -2.35. The Kier molecular flexibility index (Phi) is 6.23. The van der Waals surface area contributed by atoms with Gasteiger partial charge in [0, 0.05) is 49.6 Å². The average molecular weight is 389 g/mol. The van der Waals surface area contributed by atoms with Crippen molar-refractivity contribution < 1.29 is 9.47 Å². The van der Waals surface area contributed by atoms with E-state index in [9.17, 15) is 0 Å². The Bertz CT molecular complexity index is 893. The normalized spacial score (nSPS) is 18.8. The third kappa shape index (κ3) is 4.66.